The monoisotopic (exact) mass is 201 g/mol. The Morgan fingerprint density at radius 2 is 1.93 bits per heavy atom. The van der Waals surface area contributed by atoms with Gasteiger partial charge in [0.2, 0.25) is 0 Å². The van der Waals surface area contributed by atoms with Crippen molar-refractivity contribution in [1.29, 1.82) is 0 Å². The summed E-state index contributed by atoms with van der Waals surface area (Å²) in [6.07, 6.45) is 1.81. The molecule has 0 saturated heterocycles. The molecular formula is C11H23NO2. The van der Waals surface area contributed by atoms with Crippen LogP contribution in [0.5, 0.6) is 0 Å². The van der Waals surface area contributed by atoms with Crippen LogP contribution in [0.2, 0.25) is 0 Å². The highest BCUT2D eigenvalue weighted by Crippen LogP contribution is 2.07. The third-order valence-electron chi connectivity index (χ3n) is 1.76. The molecule has 1 N–H and O–H groups in total. The van der Waals surface area contributed by atoms with Gasteiger partial charge in [-0.3, -0.25) is 10.1 Å². The van der Waals surface area contributed by atoms with Gasteiger partial charge in [0.1, 0.15) is 6.04 Å². The van der Waals surface area contributed by atoms with Crippen molar-refractivity contribution in [3.63, 3.8) is 0 Å². The fourth-order valence-electron chi connectivity index (χ4n) is 1.30. The Morgan fingerprint density at radius 3 is 2.29 bits per heavy atom. The summed E-state index contributed by atoms with van der Waals surface area (Å²) in [6, 6.07) is -0.167. The number of hydrogen-bond donors (Lipinski definition) is 1. The first-order valence-corrected chi connectivity index (χ1v) is 5.35. The van der Waals surface area contributed by atoms with Gasteiger partial charge in [-0.1, -0.05) is 13.3 Å². The van der Waals surface area contributed by atoms with Crippen molar-refractivity contribution < 1.29 is 9.53 Å². The van der Waals surface area contributed by atoms with E-state index in [0.29, 0.717) is 6.61 Å². The van der Waals surface area contributed by atoms with E-state index in [-0.39, 0.29) is 17.6 Å². The number of carbonyl (C=O) groups excluding carboxylic acids is 1. The average molecular weight is 201 g/mol. The summed E-state index contributed by atoms with van der Waals surface area (Å²) in [7, 11) is 0. The minimum atomic E-state index is -0.167. The molecule has 0 saturated carbocycles. The quantitative estimate of drug-likeness (QED) is 0.692. The molecule has 3 nitrogen and oxygen atoms in total. The molecule has 0 aliphatic rings. The molecule has 1 atom stereocenters. The number of esters is 1. The minimum absolute atomic E-state index is 0.0490. The Balaban J connectivity index is 4.21. The summed E-state index contributed by atoms with van der Waals surface area (Å²) in [5.41, 5.74) is -0.0490. The Labute approximate surface area is 87.2 Å². The van der Waals surface area contributed by atoms with Gasteiger partial charge in [-0.15, -0.1) is 0 Å². The van der Waals surface area contributed by atoms with Gasteiger partial charge in [0.15, 0.2) is 0 Å². The second-order valence-corrected chi connectivity index (χ2v) is 4.49. The van der Waals surface area contributed by atoms with Crippen LogP contribution in [0.3, 0.4) is 0 Å². The normalized spacial score (nSPS) is 13.8. The molecule has 0 aromatic rings. The maximum Gasteiger partial charge on any atom is 0.323 e. The van der Waals surface area contributed by atoms with Crippen LogP contribution < -0.4 is 5.32 Å². The molecule has 14 heavy (non-hydrogen) atoms. The molecule has 0 rings (SSSR count). The molecule has 0 aromatic heterocycles. The highest BCUT2D eigenvalue weighted by atomic mass is 16.5. The van der Waals surface area contributed by atoms with Gasteiger partial charge < -0.3 is 4.74 Å². The predicted molar refractivity (Wildman–Crippen MR) is 58.2 cm³/mol. The van der Waals surface area contributed by atoms with Crippen LogP contribution in [0.15, 0.2) is 0 Å². The summed E-state index contributed by atoms with van der Waals surface area (Å²) in [5, 5.41) is 3.27. The molecular weight excluding hydrogens is 178 g/mol. The van der Waals surface area contributed by atoms with Gasteiger partial charge in [0.25, 0.3) is 0 Å². The van der Waals surface area contributed by atoms with Crippen molar-refractivity contribution in [2.75, 3.05) is 6.61 Å². The molecule has 0 bridgehead atoms. The van der Waals surface area contributed by atoms with E-state index >= 15 is 0 Å². The van der Waals surface area contributed by atoms with E-state index in [1.165, 1.54) is 0 Å². The average Bonchev–Trinajstić information content (AvgIpc) is 2.01. The van der Waals surface area contributed by atoms with E-state index in [1.54, 1.807) is 0 Å². The van der Waals surface area contributed by atoms with Crippen molar-refractivity contribution in [2.24, 2.45) is 0 Å². The first kappa shape index (κ1) is 13.4. The van der Waals surface area contributed by atoms with E-state index in [0.717, 1.165) is 12.8 Å². The molecule has 0 spiro atoms. The summed E-state index contributed by atoms with van der Waals surface area (Å²) >= 11 is 0. The zero-order valence-corrected chi connectivity index (χ0v) is 10.0. The van der Waals surface area contributed by atoms with E-state index in [4.69, 9.17) is 4.74 Å². The first-order valence-electron chi connectivity index (χ1n) is 5.35. The van der Waals surface area contributed by atoms with Crippen LogP contribution in [0.1, 0.15) is 47.5 Å². The Hall–Kier alpha value is -0.570. The number of rotatable bonds is 5. The van der Waals surface area contributed by atoms with Gasteiger partial charge in [0.05, 0.1) is 6.61 Å². The van der Waals surface area contributed by atoms with Gasteiger partial charge in [-0.05, 0) is 34.1 Å². The van der Waals surface area contributed by atoms with Crippen LogP contribution in [-0.4, -0.2) is 24.2 Å². The van der Waals surface area contributed by atoms with Crippen LogP contribution >= 0.6 is 0 Å². The molecule has 84 valence electrons. The molecule has 3 heteroatoms. The fourth-order valence-corrected chi connectivity index (χ4v) is 1.30. The third-order valence-corrected chi connectivity index (χ3v) is 1.76. The SMILES string of the molecule is CCCC(NC(C)(C)C)C(=O)OCC. The van der Waals surface area contributed by atoms with Gasteiger partial charge >= 0.3 is 5.97 Å². The van der Waals surface area contributed by atoms with Gasteiger partial charge in [0, 0.05) is 5.54 Å². The Kier molecular flexibility index (Phi) is 5.77. The van der Waals surface area contributed by atoms with Crippen molar-refractivity contribution in [1.82, 2.24) is 5.32 Å². The molecule has 1 unspecified atom stereocenters. The second-order valence-electron chi connectivity index (χ2n) is 4.49. The number of carbonyl (C=O) groups is 1. The molecule has 0 heterocycles. The van der Waals surface area contributed by atoms with Crippen molar-refractivity contribution >= 4 is 5.97 Å². The largest absolute Gasteiger partial charge is 0.465 e. The lowest BCUT2D eigenvalue weighted by Crippen LogP contribution is -2.48. The van der Waals surface area contributed by atoms with Crippen molar-refractivity contribution in [3.8, 4) is 0 Å². The van der Waals surface area contributed by atoms with Gasteiger partial charge in [-0.2, -0.15) is 0 Å². The molecule has 0 aromatic carbocycles. The topological polar surface area (TPSA) is 38.3 Å². The van der Waals surface area contributed by atoms with Crippen molar-refractivity contribution in [2.45, 2.75) is 59.0 Å². The number of hydrogen-bond acceptors (Lipinski definition) is 3. The fraction of sp³-hybridized carbons (Fsp3) is 0.909. The van der Waals surface area contributed by atoms with Gasteiger partial charge in [-0.25, -0.2) is 0 Å². The van der Waals surface area contributed by atoms with E-state index in [1.807, 2.05) is 6.92 Å². The first-order chi connectivity index (χ1) is 6.40. The highest BCUT2D eigenvalue weighted by Gasteiger charge is 2.23. The molecule has 0 aliphatic carbocycles. The summed E-state index contributed by atoms with van der Waals surface area (Å²) in [4.78, 5) is 11.5. The lowest BCUT2D eigenvalue weighted by Gasteiger charge is -2.26. The van der Waals surface area contributed by atoms with E-state index < -0.39 is 0 Å². The number of ether oxygens (including phenoxy) is 1. The predicted octanol–water partition coefficient (Wildman–Crippen LogP) is 2.11. The zero-order valence-electron chi connectivity index (χ0n) is 10.0. The Bertz CT molecular complexity index is 173. The smallest absolute Gasteiger partial charge is 0.323 e. The maximum absolute atomic E-state index is 11.5. The standard InChI is InChI=1S/C11H23NO2/c1-6-8-9(10(13)14-7-2)12-11(3,4)5/h9,12H,6-8H2,1-5H3. The summed E-state index contributed by atoms with van der Waals surface area (Å²) < 4.78 is 5.00. The molecule has 0 fully saturated rings. The van der Waals surface area contributed by atoms with Crippen LogP contribution in [0.25, 0.3) is 0 Å². The maximum atomic E-state index is 11.5. The summed E-state index contributed by atoms with van der Waals surface area (Å²) in [6.45, 7) is 10.5. The second kappa shape index (κ2) is 6.02. The van der Waals surface area contributed by atoms with E-state index in [9.17, 15) is 4.79 Å². The third kappa shape index (κ3) is 5.97. The van der Waals surface area contributed by atoms with Crippen LogP contribution in [-0.2, 0) is 9.53 Å². The lowest BCUT2D eigenvalue weighted by atomic mass is 10.0. The number of nitrogens with one attached hydrogen (secondary N) is 1. The lowest BCUT2D eigenvalue weighted by molar-refractivity contribution is -0.146. The molecule has 0 radical (unpaired) electrons. The minimum Gasteiger partial charge on any atom is -0.465 e. The molecule has 0 amide bonds. The zero-order chi connectivity index (χ0) is 11.2. The summed E-state index contributed by atoms with van der Waals surface area (Å²) in [5.74, 6) is -0.135. The molecule has 0 aliphatic heterocycles. The highest BCUT2D eigenvalue weighted by molar-refractivity contribution is 5.75. The van der Waals surface area contributed by atoms with Crippen LogP contribution in [0, 0.1) is 0 Å². The Morgan fingerprint density at radius 1 is 1.36 bits per heavy atom. The van der Waals surface area contributed by atoms with Crippen molar-refractivity contribution in [3.05, 3.63) is 0 Å². The van der Waals surface area contributed by atoms with Crippen LogP contribution in [0.4, 0.5) is 0 Å². The van der Waals surface area contributed by atoms with E-state index in [2.05, 4.69) is 33.0 Å².